The van der Waals surface area contributed by atoms with Gasteiger partial charge in [-0.3, -0.25) is 0 Å². The Labute approximate surface area is 132 Å². The lowest BCUT2D eigenvalue weighted by molar-refractivity contribution is -0.161. The second-order valence-corrected chi connectivity index (χ2v) is 6.22. The Bertz CT molecular complexity index is 497. The van der Waals surface area contributed by atoms with Gasteiger partial charge in [0.05, 0.1) is 25.9 Å². The first kappa shape index (κ1) is 15.7. The van der Waals surface area contributed by atoms with E-state index in [-0.39, 0.29) is 18.3 Å². The summed E-state index contributed by atoms with van der Waals surface area (Å²) in [4.78, 5) is 0. The van der Waals surface area contributed by atoms with Crippen LogP contribution < -0.4 is 0 Å². The summed E-state index contributed by atoms with van der Waals surface area (Å²) in [6.45, 7) is 5.61. The first-order valence-electron chi connectivity index (χ1n) is 7.88. The Balaban J connectivity index is 1.56. The molecule has 2 aliphatic heterocycles. The van der Waals surface area contributed by atoms with Crippen LogP contribution in [0.5, 0.6) is 0 Å². The van der Waals surface area contributed by atoms with Gasteiger partial charge in [-0.2, -0.15) is 0 Å². The molecule has 0 N–H and O–H groups in total. The molecule has 2 aliphatic rings. The predicted octanol–water partition coefficient (Wildman–Crippen LogP) is 3.07. The van der Waals surface area contributed by atoms with Gasteiger partial charge in [-0.15, -0.1) is 0 Å². The highest BCUT2D eigenvalue weighted by Crippen LogP contribution is 2.33. The van der Waals surface area contributed by atoms with Crippen LogP contribution in [0.3, 0.4) is 0 Å². The van der Waals surface area contributed by atoms with Crippen LogP contribution in [0.25, 0.3) is 0 Å². The number of hydrogen-bond acceptors (Lipinski definition) is 4. The monoisotopic (exact) mass is 304 g/mol. The SMILES string of the molecule is CC1(C)O[C@@H]([C@@H]2CC=CCO2)[C@H](COCc2ccccc2)O1. The molecule has 120 valence electrons. The van der Waals surface area contributed by atoms with Crippen molar-refractivity contribution in [1.29, 1.82) is 0 Å². The fourth-order valence-electron chi connectivity index (χ4n) is 2.95. The lowest BCUT2D eigenvalue weighted by Gasteiger charge is -2.27. The molecule has 1 aromatic rings. The number of ether oxygens (including phenoxy) is 4. The number of rotatable bonds is 5. The highest BCUT2D eigenvalue weighted by Gasteiger charge is 2.45. The molecule has 22 heavy (non-hydrogen) atoms. The van der Waals surface area contributed by atoms with Crippen molar-refractivity contribution in [2.45, 2.75) is 51.0 Å². The molecule has 3 rings (SSSR count). The molecule has 0 bridgehead atoms. The maximum atomic E-state index is 6.04. The predicted molar refractivity (Wildman–Crippen MR) is 83.4 cm³/mol. The zero-order valence-electron chi connectivity index (χ0n) is 13.2. The molecule has 1 saturated heterocycles. The average molecular weight is 304 g/mol. The Hall–Kier alpha value is -1.20. The highest BCUT2D eigenvalue weighted by atomic mass is 16.8. The van der Waals surface area contributed by atoms with Gasteiger partial charge in [0.15, 0.2) is 5.79 Å². The second kappa shape index (κ2) is 6.92. The zero-order chi connectivity index (χ0) is 15.4. The minimum atomic E-state index is -0.587. The van der Waals surface area contributed by atoms with Gasteiger partial charge in [-0.25, -0.2) is 0 Å². The average Bonchev–Trinajstić information content (AvgIpc) is 2.84. The summed E-state index contributed by atoms with van der Waals surface area (Å²) in [6.07, 6.45) is 4.89. The van der Waals surface area contributed by atoms with Crippen molar-refractivity contribution in [2.75, 3.05) is 13.2 Å². The summed E-state index contributed by atoms with van der Waals surface area (Å²) in [5.41, 5.74) is 1.16. The van der Waals surface area contributed by atoms with E-state index in [0.29, 0.717) is 19.8 Å². The molecule has 0 aliphatic carbocycles. The fraction of sp³-hybridized carbons (Fsp3) is 0.556. The lowest BCUT2D eigenvalue weighted by Crippen LogP contribution is -2.40. The Morgan fingerprint density at radius 1 is 1.14 bits per heavy atom. The third-order valence-electron chi connectivity index (χ3n) is 3.92. The normalized spacial score (nSPS) is 30.5. The van der Waals surface area contributed by atoms with Gasteiger partial charge in [-0.05, 0) is 25.8 Å². The van der Waals surface area contributed by atoms with Crippen molar-refractivity contribution in [3.8, 4) is 0 Å². The van der Waals surface area contributed by atoms with Gasteiger partial charge in [0, 0.05) is 0 Å². The molecule has 0 amide bonds. The molecule has 2 heterocycles. The van der Waals surface area contributed by atoms with Crippen LogP contribution in [0.1, 0.15) is 25.8 Å². The Morgan fingerprint density at radius 3 is 2.68 bits per heavy atom. The van der Waals surface area contributed by atoms with Gasteiger partial charge in [-0.1, -0.05) is 42.5 Å². The molecule has 0 spiro atoms. The quantitative estimate of drug-likeness (QED) is 0.784. The van der Waals surface area contributed by atoms with Crippen molar-refractivity contribution in [3.05, 3.63) is 48.0 Å². The summed E-state index contributed by atoms with van der Waals surface area (Å²) in [6, 6.07) is 10.2. The molecule has 4 heteroatoms. The molecule has 0 saturated carbocycles. The van der Waals surface area contributed by atoms with E-state index < -0.39 is 5.79 Å². The molecule has 0 aromatic heterocycles. The summed E-state index contributed by atoms with van der Waals surface area (Å²) >= 11 is 0. The van der Waals surface area contributed by atoms with Crippen molar-refractivity contribution in [1.82, 2.24) is 0 Å². The highest BCUT2D eigenvalue weighted by molar-refractivity contribution is 5.13. The minimum Gasteiger partial charge on any atom is -0.374 e. The van der Waals surface area contributed by atoms with E-state index in [1.54, 1.807) is 0 Å². The van der Waals surface area contributed by atoms with Crippen LogP contribution in [0.2, 0.25) is 0 Å². The van der Waals surface area contributed by atoms with Crippen molar-refractivity contribution in [3.63, 3.8) is 0 Å². The van der Waals surface area contributed by atoms with Crippen LogP contribution in [0.15, 0.2) is 42.5 Å². The van der Waals surface area contributed by atoms with E-state index in [0.717, 1.165) is 12.0 Å². The topological polar surface area (TPSA) is 36.9 Å². The fourth-order valence-corrected chi connectivity index (χ4v) is 2.95. The summed E-state index contributed by atoms with van der Waals surface area (Å²) < 4.78 is 23.7. The third kappa shape index (κ3) is 3.96. The van der Waals surface area contributed by atoms with Crippen LogP contribution >= 0.6 is 0 Å². The maximum absolute atomic E-state index is 6.04. The smallest absolute Gasteiger partial charge is 0.164 e. The first-order valence-corrected chi connectivity index (χ1v) is 7.88. The summed E-state index contributed by atoms with van der Waals surface area (Å²) in [5.74, 6) is -0.587. The Morgan fingerprint density at radius 2 is 1.95 bits per heavy atom. The molecule has 1 fully saturated rings. The van der Waals surface area contributed by atoms with Gasteiger partial charge in [0.25, 0.3) is 0 Å². The van der Waals surface area contributed by atoms with Crippen molar-refractivity contribution in [2.24, 2.45) is 0 Å². The third-order valence-corrected chi connectivity index (χ3v) is 3.92. The van der Waals surface area contributed by atoms with E-state index in [1.165, 1.54) is 0 Å². The van der Waals surface area contributed by atoms with Gasteiger partial charge < -0.3 is 18.9 Å². The van der Waals surface area contributed by atoms with Crippen LogP contribution in [0.4, 0.5) is 0 Å². The molecule has 4 nitrogen and oxygen atoms in total. The van der Waals surface area contributed by atoms with Crippen LogP contribution in [-0.4, -0.2) is 37.3 Å². The summed E-state index contributed by atoms with van der Waals surface area (Å²) in [7, 11) is 0. The van der Waals surface area contributed by atoms with Crippen LogP contribution in [0, 0.1) is 0 Å². The molecular weight excluding hydrogens is 280 g/mol. The molecule has 1 aromatic carbocycles. The zero-order valence-corrected chi connectivity index (χ0v) is 13.2. The molecule has 0 unspecified atom stereocenters. The van der Waals surface area contributed by atoms with E-state index in [4.69, 9.17) is 18.9 Å². The minimum absolute atomic E-state index is 0.0390. The largest absolute Gasteiger partial charge is 0.374 e. The van der Waals surface area contributed by atoms with E-state index in [9.17, 15) is 0 Å². The van der Waals surface area contributed by atoms with E-state index >= 15 is 0 Å². The van der Waals surface area contributed by atoms with Crippen molar-refractivity contribution >= 4 is 0 Å². The lowest BCUT2D eigenvalue weighted by atomic mass is 10.0. The van der Waals surface area contributed by atoms with Crippen molar-refractivity contribution < 1.29 is 18.9 Å². The second-order valence-electron chi connectivity index (χ2n) is 6.22. The van der Waals surface area contributed by atoms with Gasteiger partial charge in [0.1, 0.15) is 12.2 Å². The maximum Gasteiger partial charge on any atom is 0.164 e. The molecular formula is C18H24O4. The molecule has 0 radical (unpaired) electrons. The number of hydrogen-bond donors (Lipinski definition) is 0. The van der Waals surface area contributed by atoms with E-state index in [2.05, 4.69) is 18.2 Å². The standard InChI is InChI=1S/C18H24O4/c1-18(2)21-16(13-19-12-14-8-4-3-5-9-14)17(22-18)15-10-6-7-11-20-15/h3-9,15-17H,10-13H2,1-2H3/t15-,16-,17-/m0/s1. The first-order chi connectivity index (χ1) is 10.6. The number of benzene rings is 1. The van der Waals surface area contributed by atoms with Gasteiger partial charge in [0.2, 0.25) is 0 Å². The van der Waals surface area contributed by atoms with E-state index in [1.807, 2.05) is 38.1 Å². The van der Waals surface area contributed by atoms with Crippen LogP contribution in [-0.2, 0) is 25.6 Å². The molecule has 3 atom stereocenters. The van der Waals surface area contributed by atoms with Gasteiger partial charge >= 0.3 is 0 Å². The Kier molecular flexibility index (Phi) is 4.93. The summed E-state index contributed by atoms with van der Waals surface area (Å²) in [5, 5.41) is 0.